The summed E-state index contributed by atoms with van der Waals surface area (Å²) < 4.78 is 0. The van der Waals surface area contributed by atoms with Gasteiger partial charge in [-0.05, 0) is 37.3 Å². The van der Waals surface area contributed by atoms with Crippen LogP contribution in [0.4, 0.5) is 5.69 Å². The first-order valence-corrected chi connectivity index (χ1v) is 6.76. The Bertz CT molecular complexity index is 606. The molecule has 4 rings (SSSR count). The molecule has 0 aromatic heterocycles. The average Bonchev–Trinajstić information content (AvgIpc) is 3.04. The summed E-state index contributed by atoms with van der Waals surface area (Å²) in [7, 11) is 0. The Kier molecular flexibility index (Phi) is 1.93. The van der Waals surface area contributed by atoms with E-state index in [4.69, 9.17) is 0 Å². The number of carbonyl (C=O) groups excluding carboxylic acids is 2. The third kappa shape index (κ3) is 1.14. The maximum absolute atomic E-state index is 12.8. The van der Waals surface area contributed by atoms with Crippen LogP contribution in [0.15, 0.2) is 42.5 Å². The van der Waals surface area contributed by atoms with Crippen molar-refractivity contribution in [2.75, 3.05) is 4.90 Å². The van der Waals surface area contributed by atoms with E-state index in [-0.39, 0.29) is 29.6 Å². The van der Waals surface area contributed by atoms with Crippen LogP contribution >= 0.6 is 0 Å². The fraction of sp³-hybridized carbons (Fsp3) is 0.375. The highest BCUT2D eigenvalue weighted by molar-refractivity contribution is 6.24. The van der Waals surface area contributed by atoms with Gasteiger partial charge in [-0.1, -0.05) is 30.4 Å². The van der Waals surface area contributed by atoms with Crippen LogP contribution < -0.4 is 4.90 Å². The highest BCUT2D eigenvalue weighted by Crippen LogP contribution is 2.60. The molecule has 1 saturated carbocycles. The van der Waals surface area contributed by atoms with Gasteiger partial charge in [0.1, 0.15) is 0 Å². The molecule has 0 radical (unpaired) electrons. The zero-order valence-electron chi connectivity index (χ0n) is 10.7. The number of imide groups is 1. The Labute approximate surface area is 111 Å². The number of allylic oxidation sites excluding steroid dienone is 2. The Balaban J connectivity index is 1.83. The molecule has 0 N–H and O–H groups in total. The lowest BCUT2D eigenvalue weighted by Gasteiger charge is -2.28. The molecule has 3 nitrogen and oxygen atoms in total. The van der Waals surface area contributed by atoms with Gasteiger partial charge in [-0.2, -0.15) is 0 Å². The van der Waals surface area contributed by atoms with E-state index in [1.165, 1.54) is 4.90 Å². The van der Waals surface area contributed by atoms with Gasteiger partial charge in [0, 0.05) is 0 Å². The Morgan fingerprint density at radius 2 is 1.89 bits per heavy atom. The minimum Gasteiger partial charge on any atom is -0.274 e. The lowest BCUT2D eigenvalue weighted by molar-refractivity contribution is -0.127. The summed E-state index contributed by atoms with van der Waals surface area (Å²) in [5.41, 5.74) is 0.180. The zero-order chi connectivity index (χ0) is 13.2. The van der Waals surface area contributed by atoms with Crippen molar-refractivity contribution < 1.29 is 9.59 Å². The predicted molar refractivity (Wildman–Crippen MR) is 71.3 cm³/mol. The minimum atomic E-state index is -0.521. The van der Waals surface area contributed by atoms with E-state index in [1.54, 1.807) is 0 Å². The molecule has 96 valence electrons. The molecule has 2 aliphatic carbocycles. The number of hydrogen-bond donors (Lipinski definition) is 0. The number of rotatable bonds is 1. The molecule has 3 aliphatic rings. The summed E-state index contributed by atoms with van der Waals surface area (Å²) in [5.74, 6) is 0.282. The number of para-hydroxylation sites is 1. The smallest absolute Gasteiger partial charge is 0.241 e. The van der Waals surface area contributed by atoms with E-state index in [0.29, 0.717) is 5.69 Å². The highest BCUT2D eigenvalue weighted by Gasteiger charge is 2.67. The third-order valence-corrected chi connectivity index (χ3v) is 5.13. The zero-order valence-corrected chi connectivity index (χ0v) is 10.7. The normalized spacial score (nSPS) is 39.2. The van der Waals surface area contributed by atoms with E-state index in [1.807, 2.05) is 37.3 Å². The Morgan fingerprint density at radius 3 is 2.58 bits per heavy atom. The minimum absolute atomic E-state index is 0.0180. The summed E-state index contributed by atoms with van der Waals surface area (Å²) >= 11 is 0. The lowest BCUT2D eigenvalue weighted by Crippen LogP contribution is -2.37. The van der Waals surface area contributed by atoms with Crippen LogP contribution in [0.3, 0.4) is 0 Å². The molecule has 1 aromatic carbocycles. The van der Waals surface area contributed by atoms with Gasteiger partial charge in [-0.15, -0.1) is 0 Å². The van der Waals surface area contributed by atoms with Crippen molar-refractivity contribution in [3.8, 4) is 0 Å². The van der Waals surface area contributed by atoms with E-state index in [9.17, 15) is 9.59 Å². The van der Waals surface area contributed by atoms with E-state index < -0.39 is 5.41 Å². The fourth-order valence-corrected chi connectivity index (χ4v) is 4.13. The fourth-order valence-electron chi connectivity index (χ4n) is 4.13. The predicted octanol–water partition coefficient (Wildman–Crippen LogP) is 2.39. The second kappa shape index (κ2) is 3.35. The van der Waals surface area contributed by atoms with E-state index in [2.05, 4.69) is 12.2 Å². The topological polar surface area (TPSA) is 37.4 Å². The second-order valence-corrected chi connectivity index (χ2v) is 5.97. The number of benzene rings is 1. The maximum atomic E-state index is 12.8. The molecular formula is C16H15NO2. The monoisotopic (exact) mass is 253 g/mol. The number of carbonyl (C=O) groups is 2. The van der Waals surface area contributed by atoms with Gasteiger partial charge in [-0.3, -0.25) is 9.59 Å². The van der Waals surface area contributed by atoms with E-state index >= 15 is 0 Å². The first-order chi connectivity index (χ1) is 9.14. The molecular weight excluding hydrogens is 238 g/mol. The first kappa shape index (κ1) is 11.0. The van der Waals surface area contributed by atoms with Crippen molar-refractivity contribution in [1.82, 2.24) is 0 Å². The van der Waals surface area contributed by atoms with Crippen LogP contribution in [0, 0.1) is 23.2 Å². The summed E-state index contributed by atoms with van der Waals surface area (Å²) in [5, 5.41) is 0. The number of anilines is 1. The number of amides is 2. The summed E-state index contributed by atoms with van der Waals surface area (Å²) in [6.07, 6.45) is 5.21. The van der Waals surface area contributed by atoms with Crippen LogP contribution in [0.5, 0.6) is 0 Å². The van der Waals surface area contributed by atoms with Crippen molar-refractivity contribution in [3.63, 3.8) is 0 Å². The first-order valence-electron chi connectivity index (χ1n) is 6.76. The Morgan fingerprint density at radius 1 is 1.16 bits per heavy atom. The largest absolute Gasteiger partial charge is 0.274 e. The molecule has 1 aliphatic heterocycles. The van der Waals surface area contributed by atoms with Crippen LogP contribution in [0.25, 0.3) is 0 Å². The van der Waals surface area contributed by atoms with Crippen molar-refractivity contribution in [1.29, 1.82) is 0 Å². The van der Waals surface area contributed by atoms with Gasteiger partial charge in [0.15, 0.2) is 0 Å². The number of nitrogens with zero attached hydrogens (tertiary/aromatic N) is 1. The van der Waals surface area contributed by atoms with Gasteiger partial charge < -0.3 is 0 Å². The Hall–Kier alpha value is -1.90. The maximum Gasteiger partial charge on any atom is 0.241 e. The van der Waals surface area contributed by atoms with Crippen molar-refractivity contribution >= 4 is 17.5 Å². The molecule has 1 heterocycles. The van der Waals surface area contributed by atoms with E-state index in [0.717, 1.165) is 6.42 Å². The number of fused-ring (bicyclic) bond motifs is 5. The molecule has 2 amide bonds. The molecule has 4 atom stereocenters. The van der Waals surface area contributed by atoms with Gasteiger partial charge in [0.2, 0.25) is 11.8 Å². The number of hydrogen-bond acceptors (Lipinski definition) is 2. The molecule has 19 heavy (non-hydrogen) atoms. The molecule has 1 saturated heterocycles. The summed E-state index contributed by atoms with van der Waals surface area (Å²) in [4.78, 5) is 26.8. The van der Waals surface area contributed by atoms with Gasteiger partial charge in [0.25, 0.3) is 0 Å². The van der Waals surface area contributed by atoms with Gasteiger partial charge in [-0.25, -0.2) is 4.90 Å². The third-order valence-electron chi connectivity index (χ3n) is 5.13. The molecule has 0 unspecified atom stereocenters. The van der Waals surface area contributed by atoms with Crippen LogP contribution in [-0.4, -0.2) is 11.8 Å². The van der Waals surface area contributed by atoms with Crippen LogP contribution in [0.1, 0.15) is 13.3 Å². The molecule has 3 heteroatoms. The molecule has 1 aromatic rings. The summed E-state index contributed by atoms with van der Waals surface area (Å²) in [6.45, 7) is 1.97. The summed E-state index contributed by atoms with van der Waals surface area (Å²) in [6, 6.07) is 9.27. The van der Waals surface area contributed by atoms with Crippen molar-refractivity contribution in [2.24, 2.45) is 23.2 Å². The van der Waals surface area contributed by atoms with Crippen LogP contribution in [-0.2, 0) is 9.59 Å². The average molecular weight is 253 g/mol. The highest BCUT2D eigenvalue weighted by atomic mass is 16.2. The molecule has 2 bridgehead atoms. The van der Waals surface area contributed by atoms with Crippen molar-refractivity contribution in [2.45, 2.75) is 13.3 Å². The SMILES string of the molecule is C[C@@]12C(=O)N(c3ccccc3)C(=O)[C@H]1[C@H]1C=C[C@H]2C1. The quantitative estimate of drug-likeness (QED) is 0.569. The lowest BCUT2D eigenvalue weighted by atomic mass is 9.71. The molecule has 2 fully saturated rings. The molecule has 0 spiro atoms. The second-order valence-electron chi connectivity index (χ2n) is 5.97. The van der Waals surface area contributed by atoms with Crippen LogP contribution in [0.2, 0.25) is 0 Å². The van der Waals surface area contributed by atoms with Gasteiger partial charge in [0.05, 0.1) is 17.0 Å². The standard InChI is InChI=1S/C16H15NO2/c1-16-11-8-7-10(9-11)13(16)14(18)17(15(16)19)12-5-3-2-4-6-12/h2-8,10-11,13H,9H2,1H3/t10-,11-,13+,16-/m0/s1. The van der Waals surface area contributed by atoms with Crippen molar-refractivity contribution in [3.05, 3.63) is 42.5 Å². The van der Waals surface area contributed by atoms with Gasteiger partial charge >= 0.3 is 0 Å².